The van der Waals surface area contributed by atoms with Gasteiger partial charge in [0.2, 0.25) is 0 Å². The van der Waals surface area contributed by atoms with Gasteiger partial charge >= 0.3 is 0 Å². The fraction of sp³-hybridized carbons (Fsp3) is 0.174. The summed E-state index contributed by atoms with van der Waals surface area (Å²) in [6, 6.07) is 17.6. The van der Waals surface area contributed by atoms with E-state index in [4.69, 9.17) is 4.74 Å². The number of amides is 1. The molecule has 1 unspecified atom stereocenters. The minimum absolute atomic E-state index is 0.0374. The second-order valence-electron chi connectivity index (χ2n) is 7.28. The summed E-state index contributed by atoms with van der Waals surface area (Å²) in [5, 5.41) is 2.91. The van der Waals surface area contributed by atoms with Crippen molar-refractivity contribution in [3.05, 3.63) is 98.9 Å². The fourth-order valence-electron chi connectivity index (χ4n) is 3.65. The summed E-state index contributed by atoms with van der Waals surface area (Å²) in [4.78, 5) is 31.6. The minimum Gasteiger partial charge on any atom is -0.491 e. The molecule has 0 saturated heterocycles. The van der Waals surface area contributed by atoms with Gasteiger partial charge in [0.05, 0.1) is 6.04 Å². The topological polar surface area (TPSA) is 72.7 Å². The molecule has 0 spiro atoms. The number of nitrogens with zero attached hydrogens (tertiary/aromatic N) is 2. The maximum atomic E-state index is 12.9. The first-order chi connectivity index (χ1) is 14.7. The van der Waals surface area contributed by atoms with E-state index in [0.29, 0.717) is 24.4 Å². The summed E-state index contributed by atoms with van der Waals surface area (Å²) < 4.78 is 7.18. The van der Waals surface area contributed by atoms with Crippen LogP contribution in [0, 0.1) is 0 Å². The minimum atomic E-state index is -0.425. The van der Waals surface area contributed by atoms with Crippen molar-refractivity contribution in [2.75, 3.05) is 6.61 Å². The Morgan fingerprint density at radius 1 is 1.17 bits per heavy atom. The zero-order valence-corrected chi connectivity index (χ0v) is 16.9. The number of hydrogen-bond donors (Lipinski definition) is 1. The first kappa shape index (κ1) is 18.6. The highest BCUT2D eigenvalue weighted by molar-refractivity contribution is 7.17. The van der Waals surface area contributed by atoms with Crippen LogP contribution in [0.2, 0.25) is 0 Å². The van der Waals surface area contributed by atoms with Crippen molar-refractivity contribution in [1.82, 2.24) is 14.7 Å². The molecule has 7 heteroatoms. The SMILES string of the molecule is O=C(NC1COc2ccccc2C1)c1cnc2sc(Cc3ccccc3)cn2c1=O. The maximum absolute atomic E-state index is 12.9. The second-order valence-corrected chi connectivity index (χ2v) is 8.38. The third kappa shape index (κ3) is 3.59. The summed E-state index contributed by atoms with van der Waals surface area (Å²) in [5.74, 6) is 0.418. The molecule has 1 aliphatic heterocycles. The molecule has 0 radical (unpaired) electrons. The Kier molecular flexibility index (Phi) is 4.80. The largest absolute Gasteiger partial charge is 0.491 e. The summed E-state index contributed by atoms with van der Waals surface area (Å²) in [5.41, 5.74) is 1.89. The normalized spacial score (nSPS) is 15.4. The number of benzene rings is 2. The van der Waals surface area contributed by atoms with Gasteiger partial charge in [0.25, 0.3) is 11.5 Å². The van der Waals surface area contributed by atoms with Gasteiger partial charge in [-0.1, -0.05) is 48.5 Å². The standard InChI is InChI=1S/C23H19N3O3S/c27-21(25-17-11-16-8-4-5-9-20(16)29-14-17)19-12-24-23-26(22(19)28)13-18(30-23)10-15-6-2-1-3-7-15/h1-9,12-13,17H,10-11,14H2,(H,25,27). The Bertz CT molecular complexity index is 1280. The van der Waals surface area contributed by atoms with E-state index in [1.54, 1.807) is 6.20 Å². The molecular weight excluding hydrogens is 398 g/mol. The molecule has 30 heavy (non-hydrogen) atoms. The van der Waals surface area contributed by atoms with Crippen molar-refractivity contribution in [2.45, 2.75) is 18.9 Å². The van der Waals surface area contributed by atoms with E-state index in [9.17, 15) is 9.59 Å². The predicted molar refractivity (Wildman–Crippen MR) is 115 cm³/mol. The number of thiazole rings is 1. The van der Waals surface area contributed by atoms with Gasteiger partial charge in [0.15, 0.2) is 4.96 Å². The Morgan fingerprint density at radius 3 is 2.83 bits per heavy atom. The van der Waals surface area contributed by atoms with Crippen LogP contribution in [0.1, 0.15) is 26.4 Å². The lowest BCUT2D eigenvalue weighted by Gasteiger charge is -2.25. The zero-order valence-electron chi connectivity index (χ0n) is 16.1. The molecule has 1 N–H and O–H groups in total. The Balaban J connectivity index is 1.36. The Labute approximate surface area is 176 Å². The van der Waals surface area contributed by atoms with E-state index >= 15 is 0 Å². The molecule has 2 aromatic heterocycles. The number of para-hydroxylation sites is 1. The number of rotatable bonds is 4. The summed E-state index contributed by atoms with van der Waals surface area (Å²) in [7, 11) is 0. The summed E-state index contributed by atoms with van der Waals surface area (Å²) in [6.07, 6.45) is 4.53. The third-order valence-corrected chi connectivity index (χ3v) is 6.13. The number of ether oxygens (including phenoxy) is 1. The zero-order chi connectivity index (χ0) is 20.5. The molecule has 1 aliphatic rings. The van der Waals surface area contributed by atoms with Crippen LogP contribution in [0.25, 0.3) is 4.96 Å². The average Bonchev–Trinajstić information content (AvgIpc) is 3.18. The van der Waals surface area contributed by atoms with Crippen LogP contribution >= 0.6 is 11.3 Å². The van der Waals surface area contributed by atoms with E-state index in [0.717, 1.165) is 21.8 Å². The van der Waals surface area contributed by atoms with Crippen LogP contribution in [0.5, 0.6) is 5.75 Å². The van der Waals surface area contributed by atoms with Crippen LogP contribution in [-0.2, 0) is 12.8 Å². The lowest BCUT2D eigenvalue weighted by atomic mass is 10.0. The van der Waals surface area contributed by atoms with E-state index < -0.39 is 5.91 Å². The number of hydrogen-bond acceptors (Lipinski definition) is 5. The summed E-state index contributed by atoms with van der Waals surface area (Å²) in [6.45, 7) is 0.374. The fourth-order valence-corrected chi connectivity index (χ4v) is 4.62. The van der Waals surface area contributed by atoms with Crippen LogP contribution in [-0.4, -0.2) is 27.9 Å². The molecule has 2 aromatic carbocycles. The summed E-state index contributed by atoms with van der Waals surface area (Å²) >= 11 is 1.45. The molecular formula is C23H19N3O3S. The van der Waals surface area contributed by atoms with E-state index in [2.05, 4.69) is 10.3 Å². The van der Waals surface area contributed by atoms with Gasteiger partial charge in [-0.05, 0) is 23.6 Å². The number of carbonyl (C=O) groups is 1. The molecule has 150 valence electrons. The molecule has 0 saturated carbocycles. The lowest BCUT2D eigenvalue weighted by Crippen LogP contribution is -2.44. The molecule has 1 atom stereocenters. The van der Waals surface area contributed by atoms with Gasteiger partial charge in [-0.15, -0.1) is 11.3 Å². The van der Waals surface area contributed by atoms with Crippen molar-refractivity contribution >= 4 is 22.2 Å². The quantitative estimate of drug-likeness (QED) is 0.554. The second kappa shape index (κ2) is 7.76. The van der Waals surface area contributed by atoms with Gasteiger partial charge in [-0.25, -0.2) is 4.98 Å². The van der Waals surface area contributed by atoms with Gasteiger partial charge in [0.1, 0.15) is 17.9 Å². The molecule has 5 rings (SSSR count). The molecule has 3 heterocycles. The molecule has 0 bridgehead atoms. The van der Waals surface area contributed by atoms with Crippen LogP contribution in [0.15, 0.2) is 71.8 Å². The van der Waals surface area contributed by atoms with Crippen LogP contribution in [0.3, 0.4) is 0 Å². The number of aromatic nitrogens is 2. The predicted octanol–water partition coefficient (Wildman–Crippen LogP) is 3.08. The van der Waals surface area contributed by atoms with E-state index in [1.165, 1.54) is 21.9 Å². The lowest BCUT2D eigenvalue weighted by molar-refractivity contribution is 0.0913. The van der Waals surface area contributed by atoms with Crippen LogP contribution < -0.4 is 15.6 Å². The van der Waals surface area contributed by atoms with Gasteiger partial charge in [0, 0.05) is 23.7 Å². The highest BCUT2D eigenvalue weighted by atomic mass is 32.1. The molecule has 1 amide bonds. The van der Waals surface area contributed by atoms with Crippen molar-refractivity contribution in [1.29, 1.82) is 0 Å². The Hall–Kier alpha value is -3.45. The van der Waals surface area contributed by atoms with Gasteiger partial charge in [-0.2, -0.15) is 0 Å². The van der Waals surface area contributed by atoms with Gasteiger partial charge < -0.3 is 10.1 Å². The van der Waals surface area contributed by atoms with Crippen molar-refractivity contribution in [3.63, 3.8) is 0 Å². The molecule has 0 fully saturated rings. The number of nitrogens with one attached hydrogen (secondary N) is 1. The monoisotopic (exact) mass is 417 g/mol. The third-order valence-electron chi connectivity index (χ3n) is 5.13. The van der Waals surface area contributed by atoms with Crippen molar-refractivity contribution < 1.29 is 9.53 Å². The smallest absolute Gasteiger partial charge is 0.271 e. The number of fused-ring (bicyclic) bond motifs is 2. The highest BCUT2D eigenvalue weighted by Crippen LogP contribution is 2.24. The molecule has 4 aromatic rings. The van der Waals surface area contributed by atoms with E-state index in [-0.39, 0.29) is 17.2 Å². The van der Waals surface area contributed by atoms with E-state index in [1.807, 2.05) is 54.6 Å². The first-order valence-electron chi connectivity index (χ1n) is 9.73. The number of carbonyl (C=O) groups excluding carboxylic acids is 1. The van der Waals surface area contributed by atoms with Crippen molar-refractivity contribution in [3.8, 4) is 5.75 Å². The molecule has 0 aliphatic carbocycles. The maximum Gasteiger partial charge on any atom is 0.271 e. The first-order valence-corrected chi connectivity index (χ1v) is 10.5. The Morgan fingerprint density at radius 2 is 1.97 bits per heavy atom. The highest BCUT2D eigenvalue weighted by Gasteiger charge is 2.23. The molecule has 6 nitrogen and oxygen atoms in total. The van der Waals surface area contributed by atoms with Gasteiger partial charge in [-0.3, -0.25) is 14.0 Å². The average molecular weight is 417 g/mol. The van der Waals surface area contributed by atoms with Crippen LogP contribution in [0.4, 0.5) is 0 Å². The van der Waals surface area contributed by atoms with Crippen molar-refractivity contribution in [2.24, 2.45) is 0 Å².